The minimum atomic E-state index is -0.340. The number of carbonyl (C=O) groups is 2. The third-order valence-electron chi connectivity index (χ3n) is 15.1. The van der Waals surface area contributed by atoms with Crippen molar-refractivity contribution in [3.63, 3.8) is 0 Å². The number of ether oxygens (including phenoxy) is 1. The lowest BCUT2D eigenvalue weighted by Crippen LogP contribution is -2.67. The predicted molar refractivity (Wildman–Crippen MR) is 214 cm³/mol. The van der Waals surface area contributed by atoms with E-state index in [-0.39, 0.29) is 33.7 Å². The Morgan fingerprint density at radius 3 is 2.12 bits per heavy atom. The van der Waals surface area contributed by atoms with E-state index in [1.165, 1.54) is 76.0 Å². The molecule has 0 aliphatic heterocycles. The van der Waals surface area contributed by atoms with Gasteiger partial charge in [-0.2, -0.15) is 0 Å². The summed E-state index contributed by atoms with van der Waals surface area (Å²) in [6.45, 7) is 29.9. The molecule has 0 aromatic heterocycles. The van der Waals surface area contributed by atoms with Gasteiger partial charge < -0.3 is 15.4 Å². The molecule has 0 spiro atoms. The average Bonchev–Trinajstić information content (AvgIpc) is 3.51. The number of fused-ring (bicyclic) bond motifs is 7. The minimum Gasteiger partial charge on any atom is -0.465 e. The Kier molecular flexibility index (Phi) is 12.6. The van der Waals surface area contributed by atoms with Gasteiger partial charge in [-0.3, -0.25) is 4.79 Å². The summed E-state index contributed by atoms with van der Waals surface area (Å²) in [6.07, 6.45) is 17.4. The van der Waals surface area contributed by atoms with E-state index >= 15 is 0 Å². The number of allylic oxidation sites excluding steroid dienone is 3. The quantitative estimate of drug-likeness (QED) is 0.176. The van der Waals surface area contributed by atoms with Crippen molar-refractivity contribution in [2.45, 2.75) is 146 Å². The van der Waals surface area contributed by atoms with Crippen LogP contribution in [0.1, 0.15) is 156 Å². The first-order chi connectivity index (χ1) is 23.9. The molecule has 4 fully saturated rings. The standard InChI is InChI=1S/C41H62N2O3.C3H6.C2H6/c1-36(2,3)35(45)42-25-26-43-41-20-10-11-31(41)30-16-17-33-38(6)21-18-29(27-12-14-28(15-13-27)34(44)46-9)37(4,5)32(38)19-22-40(33,8)39(30,7)23-24-41;1-3-2;1-2/h12-15,18,30-33,43H,10-11,16-17,19-26H2,1-9H3,(H,42,45);3H,1H2,2H3;1-2H3/t30?,31-,32?,33?,38?,39-,40?,41?;;/m1../s1. The van der Waals surface area contributed by atoms with Gasteiger partial charge in [0.25, 0.3) is 0 Å². The number of benzene rings is 1. The van der Waals surface area contributed by atoms with Crippen molar-refractivity contribution in [1.82, 2.24) is 10.6 Å². The number of nitrogens with one attached hydrogen (secondary N) is 2. The van der Waals surface area contributed by atoms with Crippen molar-refractivity contribution in [2.75, 3.05) is 20.2 Å². The molecule has 51 heavy (non-hydrogen) atoms. The third kappa shape index (κ3) is 7.16. The zero-order valence-corrected chi connectivity index (χ0v) is 34.7. The second kappa shape index (κ2) is 15.5. The van der Waals surface area contributed by atoms with E-state index in [9.17, 15) is 9.59 Å². The molecule has 5 nitrogen and oxygen atoms in total. The molecule has 1 amide bonds. The lowest BCUT2D eigenvalue weighted by Gasteiger charge is -2.72. The molecule has 0 bridgehead atoms. The van der Waals surface area contributed by atoms with E-state index in [0.717, 1.165) is 30.7 Å². The second-order valence-corrected chi connectivity index (χ2v) is 18.8. The lowest BCUT2D eigenvalue weighted by molar-refractivity contribution is -0.216. The maximum atomic E-state index is 12.5. The SMILES string of the molecule is C=CC.CC.COC(=O)c1ccc(C2=CCC3(C)C(CCC4(C)C3CCC3[C@H]5CCCC5(NCCNC(=O)C(C)(C)C)CC[C@]34C)C2(C)C)cc1. The van der Waals surface area contributed by atoms with E-state index in [1.54, 1.807) is 6.08 Å². The normalized spacial score (nSPS) is 36.1. The summed E-state index contributed by atoms with van der Waals surface area (Å²) in [5.74, 6) is 2.76. The topological polar surface area (TPSA) is 67.4 Å². The predicted octanol–water partition coefficient (Wildman–Crippen LogP) is 11.0. The summed E-state index contributed by atoms with van der Waals surface area (Å²) in [7, 11) is 1.45. The van der Waals surface area contributed by atoms with Gasteiger partial charge in [0.2, 0.25) is 5.91 Å². The maximum Gasteiger partial charge on any atom is 0.337 e. The molecule has 0 saturated heterocycles. The van der Waals surface area contributed by atoms with Crippen LogP contribution in [0.25, 0.3) is 5.57 Å². The average molecular weight is 703 g/mol. The van der Waals surface area contributed by atoms with Gasteiger partial charge in [0.1, 0.15) is 0 Å². The van der Waals surface area contributed by atoms with E-state index < -0.39 is 0 Å². The van der Waals surface area contributed by atoms with Crippen LogP contribution in [0.3, 0.4) is 0 Å². The second-order valence-electron chi connectivity index (χ2n) is 18.8. The zero-order chi connectivity index (χ0) is 38.0. The molecular formula is C46H74N2O3. The third-order valence-corrected chi connectivity index (χ3v) is 15.1. The van der Waals surface area contributed by atoms with Gasteiger partial charge in [0.05, 0.1) is 12.7 Å². The lowest BCUT2D eigenvalue weighted by atomic mass is 9.33. The molecule has 8 atom stereocenters. The van der Waals surface area contributed by atoms with E-state index in [2.05, 4.69) is 70.0 Å². The first kappa shape index (κ1) is 41.4. The van der Waals surface area contributed by atoms with Crippen molar-refractivity contribution in [2.24, 2.45) is 50.7 Å². The van der Waals surface area contributed by atoms with Gasteiger partial charge in [0, 0.05) is 24.0 Å². The minimum absolute atomic E-state index is 0.0678. The van der Waals surface area contributed by atoms with Gasteiger partial charge in [-0.25, -0.2) is 4.79 Å². The Hall–Kier alpha value is -2.40. The van der Waals surface area contributed by atoms with Crippen LogP contribution in [0.15, 0.2) is 43.0 Å². The number of amides is 1. The highest BCUT2D eigenvalue weighted by atomic mass is 16.5. The summed E-state index contributed by atoms with van der Waals surface area (Å²) in [6, 6.07) is 8.11. The summed E-state index contributed by atoms with van der Waals surface area (Å²) in [5.41, 5.74) is 4.29. The summed E-state index contributed by atoms with van der Waals surface area (Å²) in [5, 5.41) is 7.27. The van der Waals surface area contributed by atoms with Crippen molar-refractivity contribution in [3.8, 4) is 0 Å². The fourth-order valence-electron chi connectivity index (χ4n) is 12.6. The van der Waals surface area contributed by atoms with Gasteiger partial charge in [-0.1, -0.05) is 99.9 Å². The molecular weight excluding hydrogens is 629 g/mol. The van der Waals surface area contributed by atoms with E-state index in [4.69, 9.17) is 4.74 Å². The number of hydrogen-bond donors (Lipinski definition) is 2. The summed E-state index contributed by atoms with van der Waals surface area (Å²) >= 11 is 0. The van der Waals surface area contributed by atoms with Gasteiger partial charge in [-0.15, -0.1) is 6.58 Å². The highest BCUT2D eigenvalue weighted by Crippen LogP contribution is 2.76. The van der Waals surface area contributed by atoms with Crippen molar-refractivity contribution >= 4 is 17.4 Å². The largest absolute Gasteiger partial charge is 0.465 e. The fourth-order valence-corrected chi connectivity index (χ4v) is 12.6. The Labute approximate surface area is 312 Å². The van der Waals surface area contributed by atoms with Gasteiger partial charge in [0.15, 0.2) is 0 Å². The number of esters is 1. The fraction of sp³-hybridized carbons (Fsp3) is 0.739. The number of methoxy groups -OCH3 is 1. The monoisotopic (exact) mass is 703 g/mol. The van der Waals surface area contributed by atoms with E-state index in [1.807, 2.05) is 53.7 Å². The first-order valence-electron chi connectivity index (χ1n) is 20.4. The van der Waals surface area contributed by atoms with Crippen LogP contribution in [0, 0.1) is 50.7 Å². The van der Waals surface area contributed by atoms with Crippen molar-refractivity contribution < 1.29 is 14.3 Å². The highest BCUT2D eigenvalue weighted by molar-refractivity contribution is 5.90. The molecule has 0 heterocycles. The molecule has 5 heteroatoms. The van der Waals surface area contributed by atoms with Crippen LogP contribution in [-0.2, 0) is 9.53 Å². The highest BCUT2D eigenvalue weighted by Gasteiger charge is 2.69. The molecule has 5 aliphatic carbocycles. The molecule has 0 radical (unpaired) electrons. The van der Waals surface area contributed by atoms with Gasteiger partial charge >= 0.3 is 5.97 Å². The van der Waals surface area contributed by atoms with E-state index in [0.29, 0.717) is 28.9 Å². The van der Waals surface area contributed by atoms with Crippen LogP contribution in [0.5, 0.6) is 0 Å². The molecule has 5 aliphatic rings. The van der Waals surface area contributed by atoms with Crippen LogP contribution in [0.2, 0.25) is 0 Å². The molecule has 6 unspecified atom stereocenters. The number of hydrogen-bond acceptors (Lipinski definition) is 4. The smallest absolute Gasteiger partial charge is 0.337 e. The molecule has 286 valence electrons. The zero-order valence-electron chi connectivity index (χ0n) is 34.7. The van der Waals surface area contributed by atoms with Crippen LogP contribution in [-0.4, -0.2) is 37.6 Å². The Balaban J connectivity index is 0.00000111. The van der Waals surface area contributed by atoms with Crippen LogP contribution < -0.4 is 10.6 Å². The van der Waals surface area contributed by atoms with Crippen LogP contribution in [0.4, 0.5) is 0 Å². The summed E-state index contributed by atoms with van der Waals surface area (Å²) < 4.78 is 4.95. The molecule has 4 saturated carbocycles. The molecule has 6 rings (SSSR count). The van der Waals surface area contributed by atoms with Gasteiger partial charge in [-0.05, 0) is 133 Å². The van der Waals surface area contributed by atoms with Crippen LogP contribution >= 0.6 is 0 Å². The molecule has 2 N–H and O–H groups in total. The number of carbonyl (C=O) groups excluding carboxylic acids is 2. The Bertz CT molecular complexity index is 1420. The summed E-state index contributed by atoms with van der Waals surface area (Å²) in [4.78, 5) is 24.6. The Morgan fingerprint density at radius 2 is 1.51 bits per heavy atom. The number of rotatable bonds is 6. The first-order valence-corrected chi connectivity index (χ1v) is 20.4. The Morgan fingerprint density at radius 1 is 0.863 bits per heavy atom. The maximum absolute atomic E-state index is 12.5. The molecule has 1 aromatic carbocycles. The van der Waals surface area contributed by atoms with Crippen molar-refractivity contribution in [3.05, 3.63) is 54.1 Å². The van der Waals surface area contributed by atoms with Crippen molar-refractivity contribution in [1.29, 1.82) is 0 Å². The molecule has 1 aromatic rings.